The van der Waals surface area contributed by atoms with Gasteiger partial charge in [-0.15, -0.1) is 0 Å². The van der Waals surface area contributed by atoms with E-state index in [-0.39, 0.29) is 5.69 Å². The summed E-state index contributed by atoms with van der Waals surface area (Å²) in [6.07, 6.45) is 1.99. The lowest BCUT2D eigenvalue weighted by Crippen LogP contribution is -1.94. The Morgan fingerprint density at radius 3 is 2.00 bits per heavy atom. The standard InChI is InChI=1S/C21H15N3O2/c25-24(26)19-13-11-17(12-14-19)21-20(16-7-3-1-4-8-16)15-23(22-21)18-9-5-2-6-10-18/h1-15H. The maximum atomic E-state index is 10.9. The average molecular weight is 341 g/mol. The third-order valence-corrected chi connectivity index (χ3v) is 4.17. The predicted octanol–water partition coefficient (Wildman–Crippen LogP) is 5.11. The third-order valence-electron chi connectivity index (χ3n) is 4.17. The summed E-state index contributed by atoms with van der Waals surface area (Å²) in [5.74, 6) is 0. The first-order valence-corrected chi connectivity index (χ1v) is 8.18. The quantitative estimate of drug-likeness (QED) is 0.382. The molecule has 4 rings (SSSR count). The van der Waals surface area contributed by atoms with Crippen molar-refractivity contribution < 1.29 is 4.92 Å². The Bertz CT molecular complexity index is 1040. The lowest BCUT2D eigenvalue weighted by atomic mass is 10.0. The van der Waals surface area contributed by atoms with Crippen LogP contribution in [0.5, 0.6) is 0 Å². The van der Waals surface area contributed by atoms with Crippen LogP contribution >= 0.6 is 0 Å². The molecule has 0 fully saturated rings. The van der Waals surface area contributed by atoms with Crippen LogP contribution in [0.4, 0.5) is 5.69 Å². The summed E-state index contributed by atoms with van der Waals surface area (Å²) >= 11 is 0. The lowest BCUT2D eigenvalue weighted by Gasteiger charge is -2.02. The van der Waals surface area contributed by atoms with E-state index in [1.807, 2.05) is 71.5 Å². The number of hydrogen-bond donors (Lipinski definition) is 0. The summed E-state index contributed by atoms with van der Waals surface area (Å²) in [4.78, 5) is 10.5. The molecule has 4 aromatic rings. The van der Waals surface area contributed by atoms with E-state index in [4.69, 9.17) is 5.10 Å². The zero-order valence-electron chi connectivity index (χ0n) is 13.8. The molecule has 1 aromatic heterocycles. The average Bonchev–Trinajstić information content (AvgIpc) is 3.15. The highest BCUT2D eigenvalue weighted by Gasteiger charge is 2.15. The predicted molar refractivity (Wildman–Crippen MR) is 101 cm³/mol. The van der Waals surface area contributed by atoms with Crippen molar-refractivity contribution in [3.05, 3.63) is 101 Å². The monoisotopic (exact) mass is 341 g/mol. The van der Waals surface area contributed by atoms with E-state index in [2.05, 4.69) is 0 Å². The number of nitro benzene ring substituents is 1. The van der Waals surface area contributed by atoms with Gasteiger partial charge in [-0.05, 0) is 29.8 Å². The van der Waals surface area contributed by atoms with Gasteiger partial charge in [0.15, 0.2) is 0 Å². The molecule has 5 nitrogen and oxygen atoms in total. The molecular weight excluding hydrogens is 326 g/mol. The van der Waals surface area contributed by atoms with Crippen molar-refractivity contribution in [2.75, 3.05) is 0 Å². The van der Waals surface area contributed by atoms with Crippen LogP contribution in [0.15, 0.2) is 91.1 Å². The fourth-order valence-corrected chi connectivity index (χ4v) is 2.87. The fourth-order valence-electron chi connectivity index (χ4n) is 2.87. The highest BCUT2D eigenvalue weighted by atomic mass is 16.6. The number of rotatable bonds is 4. The molecular formula is C21H15N3O2. The first kappa shape index (κ1) is 15.8. The highest BCUT2D eigenvalue weighted by Crippen LogP contribution is 2.32. The summed E-state index contributed by atoms with van der Waals surface area (Å²) < 4.78 is 1.83. The van der Waals surface area contributed by atoms with Crippen molar-refractivity contribution in [3.8, 4) is 28.1 Å². The van der Waals surface area contributed by atoms with E-state index in [1.165, 1.54) is 12.1 Å². The molecule has 0 aliphatic carbocycles. The number of hydrogen-bond acceptors (Lipinski definition) is 3. The normalized spacial score (nSPS) is 10.6. The zero-order chi connectivity index (χ0) is 17.9. The molecule has 0 N–H and O–H groups in total. The smallest absolute Gasteiger partial charge is 0.258 e. The van der Waals surface area contributed by atoms with Crippen LogP contribution in [0.1, 0.15) is 0 Å². The highest BCUT2D eigenvalue weighted by molar-refractivity contribution is 5.81. The van der Waals surface area contributed by atoms with Crippen LogP contribution in [0.25, 0.3) is 28.1 Å². The van der Waals surface area contributed by atoms with Crippen molar-refractivity contribution in [1.82, 2.24) is 9.78 Å². The van der Waals surface area contributed by atoms with Gasteiger partial charge in [-0.2, -0.15) is 5.10 Å². The molecule has 0 aliphatic rings. The lowest BCUT2D eigenvalue weighted by molar-refractivity contribution is -0.384. The summed E-state index contributed by atoms with van der Waals surface area (Å²) in [5, 5.41) is 15.7. The van der Waals surface area contributed by atoms with Gasteiger partial charge in [0.2, 0.25) is 0 Å². The summed E-state index contributed by atoms with van der Waals surface area (Å²) in [6, 6.07) is 26.3. The Balaban J connectivity index is 1.87. The Labute approximate surface area is 150 Å². The molecule has 0 atom stereocenters. The first-order valence-electron chi connectivity index (χ1n) is 8.18. The molecule has 0 spiro atoms. The second-order valence-electron chi connectivity index (χ2n) is 5.84. The van der Waals surface area contributed by atoms with Crippen molar-refractivity contribution in [2.45, 2.75) is 0 Å². The van der Waals surface area contributed by atoms with Gasteiger partial charge in [0.05, 0.1) is 10.6 Å². The van der Waals surface area contributed by atoms with Gasteiger partial charge in [0.25, 0.3) is 5.69 Å². The second kappa shape index (κ2) is 6.64. The Morgan fingerprint density at radius 2 is 1.38 bits per heavy atom. The molecule has 126 valence electrons. The topological polar surface area (TPSA) is 61.0 Å². The molecule has 0 radical (unpaired) electrons. The Hall–Kier alpha value is -3.73. The Morgan fingerprint density at radius 1 is 0.769 bits per heavy atom. The number of aromatic nitrogens is 2. The van der Waals surface area contributed by atoms with Crippen molar-refractivity contribution in [2.24, 2.45) is 0 Å². The summed E-state index contributed by atoms with van der Waals surface area (Å²) in [6.45, 7) is 0. The second-order valence-corrected chi connectivity index (χ2v) is 5.84. The molecule has 5 heteroatoms. The summed E-state index contributed by atoms with van der Waals surface area (Å²) in [5.41, 5.74) is 4.67. The van der Waals surface area contributed by atoms with Gasteiger partial charge >= 0.3 is 0 Å². The van der Waals surface area contributed by atoms with Gasteiger partial charge in [-0.3, -0.25) is 10.1 Å². The van der Waals surface area contributed by atoms with Crippen LogP contribution in [0.2, 0.25) is 0 Å². The van der Waals surface area contributed by atoms with Crippen LogP contribution in [-0.2, 0) is 0 Å². The van der Waals surface area contributed by atoms with Gasteiger partial charge in [-0.1, -0.05) is 48.5 Å². The van der Waals surface area contributed by atoms with Crippen LogP contribution in [-0.4, -0.2) is 14.7 Å². The number of para-hydroxylation sites is 1. The molecule has 3 aromatic carbocycles. The van der Waals surface area contributed by atoms with E-state index in [0.29, 0.717) is 0 Å². The van der Waals surface area contributed by atoms with Crippen LogP contribution in [0, 0.1) is 10.1 Å². The number of nitrogens with zero attached hydrogens (tertiary/aromatic N) is 3. The molecule has 0 bridgehead atoms. The minimum absolute atomic E-state index is 0.0671. The van der Waals surface area contributed by atoms with Crippen molar-refractivity contribution in [3.63, 3.8) is 0 Å². The molecule has 0 amide bonds. The molecule has 0 aliphatic heterocycles. The van der Waals surface area contributed by atoms with Crippen molar-refractivity contribution >= 4 is 5.69 Å². The number of nitro groups is 1. The number of non-ortho nitro benzene ring substituents is 1. The van der Waals surface area contributed by atoms with Crippen LogP contribution in [0.3, 0.4) is 0 Å². The zero-order valence-corrected chi connectivity index (χ0v) is 13.8. The minimum atomic E-state index is -0.398. The fraction of sp³-hybridized carbons (Fsp3) is 0. The van der Waals surface area contributed by atoms with Crippen molar-refractivity contribution in [1.29, 1.82) is 0 Å². The van der Waals surface area contributed by atoms with Crippen LogP contribution < -0.4 is 0 Å². The van der Waals surface area contributed by atoms with E-state index < -0.39 is 4.92 Å². The first-order chi connectivity index (χ1) is 12.7. The van der Waals surface area contributed by atoms with E-state index in [9.17, 15) is 10.1 Å². The van der Waals surface area contributed by atoms with Gasteiger partial charge in [0, 0.05) is 29.5 Å². The Kier molecular flexibility index (Phi) is 4.03. The SMILES string of the molecule is O=[N+]([O-])c1ccc(-c2nn(-c3ccccc3)cc2-c2ccccc2)cc1. The van der Waals surface area contributed by atoms with E-state index in [1.54, 1.807) is 12.1 Å². The maximum Gasteiger partial charge on any atom is 0.269 e. The van der Waals surface area contributed by atoms with Gasteiger partial charge in [-0.25, -0.2) is 4.68 Å². The molecule has 0 saturated carbocycles. The maximum absolute atomic E-state index is 10.9. The molecule has 1 heterocycles. The molecule has 26 heavy (non-hydrogen) atoms. The number of benzene rings is 3. The van der Waals surface area contributed by atoms with Gasteiger partial charge in [0.1, 0.15) is 5.69 Å². The minimum Gasteiger partial charge on any atom is -0.258 e. The van der Waals surface area contributed by atoms with E-state index >= 15 is 0 Å². The molecule has 0 unspecified atom stereocenters. The summed E-state index contributed by atoms with van der Waals surface area (Å²) in [7, 11) is 0. The third kappa shape index (κ3) is 2.98. The van der Waals surface area contributed by atoms with E-state index in [0.717, 1.165) is 28.1 Å². The largest absolute Gasteiger partial charge is 0.269 e. The van der Waals surface area contributed by atoms with Gasteiger partial charge < -0.3 is 0 Å². The molecule has 0 saturated heterocycles.